The van der Waals surface area contributed by atoms with Crippen LogP contribution in [-0.2, 0) is 22.0 Å². The molecule has 0 radical (unpaired) electrons. The van der Waals surface area contributed by atoms with Crippen molar-refractivity contribution in [1.29, 1.82) is 0 Å². The van der Waals surface area contributed by atoms with Crippen molar-refractivity contribution in [3.05, 3.63) is 45.4 Å². The van der Waals surface area contributed by atoms with Crippen LogP contribution in [0.5, 0.6) is 0 Å². The molecule has 5 nitrogen and oxygen atoms in total. The summed E-state index contributed by atoms with van der Waals surface area (Å²) in [6, 6.07) is 4.23. The summed E-state index contributed by atoms with van der Waals surface area (Å²) >= 11 is 1.33. The Morgan fingerprint density at radius 3 is 2.62 bits per heavy atom. The zero-order valence-electron chi connectivity index (χ0n) is 11.7. The maximum atomic E-state index is 12.6. The molecule has 0 aliphatic heterocycles. The van der Waals surface area contributed by atoms with Gasteiger partial charge in [0.05, 0.1) is 21.2 Å². The number of aromatic carboxylic acids is 1. The van der Waals surface area contributed by atoms with Crippen molar-refractivity contribution >= 4 is 27.1 Å². The van der Waals surface area contributed by atoms with Gasteiger partial charge < -0.3 is 5.11 Å². The van der Waals surface area contributed by atoms with Gasteiger partial charge in [0.25, 0.3) is 0 Å². The number of aryl methyl sites for hydroxylation is 2. The van der Waals surface area contributed by atoms with Gasteiger partial charge in [0, 0.05) is 11.1 Å². The van der Waals surface area contributed by atoms with Crippen LogP contribution in [0, 0.1) is 6.92 Å². The van der Waals surface area contributed by atoms with Crippen molar-refractivity contribution in [3.63, 3.8) is 0 Å². The molecule has 7 heteroatoms. The summed E-state index contributed by atoms with van der Waals surface area (Å²) < 4.78 is 25.1. The maximum absolute atomic E-state index is 12.6. The highest BCUT2D eigenvalue weighted by Gasteiger charge is 2.21. The van der Waals surface area contributed by atoms with Gasteiger partial charge in [-0.05, 0) is 31.0 Å². The van der Waals surface area contributed by atoms with Gasteiger partial charge in [-0.25, -0.2) is 18.2 Å². The highest BCUT2D eigenvalue weighted by molar-refractivity contribution is 7.90. The predicted molar refractivity (Wildman–Crippen MR) is 80.5 cm³/mol. The molecule has 0 unspecified atom stereocenters. The summed E-state index contributed by atoms with van der Waals surface area (Å²) in [5.41, 5.74) is 0.604. The zero-order chi connectivity index (χ0) is 15.6. The van der Waals surface area contributed by atoms with Crippen molar-refractivity contribution in [2.45, 2.75) is 30.9 Å². The van der Waals surface area contributed by atoms with Crippen molar-refractivity contribution in [2.24, 2.45) is 0 Å². The molecule has 1 N–H and O–H groups in total. The summed E-state index contributed by atoms with van der Waals surface area (Å²) in [6.07, 6.45) is 2.07. The second-order valence-corrected chi connectivity index (χ2v) is 7.86. The highest BCUT2D eigenvalue weighted by atomic mass is 32.2. The molecular weight excluding hydrogens is 310 g/mol. The molecule has 21 heavy (non-hydrogen) atoms. The van der Waals surface area contributed by atoms with Crippen LogP contribution in [0.4, 0.5) is 0 Å². The number of nitrogens with zero attached hydrogens (tertiary/aromatic N) is 1. The second-order valence-electron chi connectivity index (χ2n) is 4.59. The van der Waals surface area contributed by atoms with Gasteiger partial charge in [-0.15, -0.1) is 11.3 Å². The van der Waals surface area contributed by atoms with E-state index in [1.54, 1.807) is 12.3 Å². The number of carboxylic acid groups (broad SMARTS) is 1. The van der Waals surface area contributed by atoms with E-state index in [1.807, 2.05) is 13.8 Å². The van der Waals surface area contributed by atoms with Crippen LogP contribution in [0.25, 0.3) is 0 Å². The van der Waals surface area contributed by atoms with E-state index in [1.165, 1.54) is 23.5 Å². The number of carbonyl (C=O) groups is 1. The summed E-state index contributed by atoms with van der Waals surface area (Å²) in [5, 5.41) is 9.83. The minimum absolute atomic E-state index is 0.0220. The van der Waals surface area contributed by atoms with E-state index in [2.05, 4.69) is 4.98 Å². The van der Waals surface area contributed by atoms with Gasteiger partial charge in [0.15, 0.2) is 9.84 Å². The van der Waals surface area contributed by atoms with E-state index in [9.17, 15) is 13.2 Å². The van der Waals surface area contributed by atoms with Crippen LogP contribution in [-0.4, -0.2) is 24.5 Å². The van der Waals surface area contributed by atoms with Crippen LogP contribution in [0.15, 0.2) is 29.3 Å². The number of hydrogen-bond donors (Lipinski definition) is 1. The normalized spacial score (nSPS) is 11.5. The molecule has 0 fully saturated rings. The molecule has 1 aromatic heterocycles. The minimum atomic E-state index is -3.59. The summed E-state index contributed by atoms with van der Waals surface area (Å²) in [6.45, 7) is 3.65. The van der Waals surface area contributed by atoms with Crippen LogP contribution < -0.4 is 0 Å². The number of benzene rings is 1. The summed E-state index contributed by atoms with van der Waals surface area (Å²) in [5.74, 6) is -1.29. The fourth-order valence-electron chi connectivity index (χ4n) is 2.01. The van der Waals surface area contributed by atoms with Crippen LogP contribution in [0.2, 0.25) is 0 Å². The minimum Gasteiger partial charge on any atom is -0.478 e. The lowest BCUT2D eigenvalue weighted by Gasteiger charge is -2.09. The van der Waals surface area contributed by atoms with Crippen molar-refractivity contribution < 1.29 is 18.3 Å². The average Bonchev–Trinajstić information content (AvgIpc) is 2.82. The van der Waals surface area contributed by atoms with E-state index in [0.717, 1.165) is 5.01 Å². The first-order chi connectivity index (χ1) is 9.83. The molecule has 0 spiro atoms. The van der Waals surface area contributed by atoms with Gasteiger partial charge in [-0.3, -0.25) is 0 Å². The molecule has 0 saturated heterocycles. The van der Waals surface area contributed by atoms with E-state index in [4.69, 9.17) is 5.11 Å². The fraction of sp³-hybridized carbons (Fsp3) is 0.286. The van der Waals surface area contributed by atoms with Crippen molar-refractivity contribution in [2.75, 3.05) is 0 Å². The quantitative estimate of drug-likeness (QED) is 0.913. The third kappa shape index (κ3) is 3.48. The molecule has 0 bridgehead atoms. The molecular formula is C14H15NO4S2. The lowest BCUT2D eigenvalue weighted by Crippen LogP contribution is -2.09. The fourth-order valence-corrected chi connectivity index (χ4v) is 4.82. The van der Waals surface area contributed by atoms with Gasteiger partial charge >= 0.3 is 5.97 Å². The van der Waals surface area contributed by atoms with Crippen molar-refractivity contribution in [1.82, 2.24) is 4.98 Å². The highest BCUT2D eigenvalue weighted by Crippen LogP contribution is 2.25. The van der Waals surface area contributed by atoms with Gasteiger partial charge in [-0.1, -0.05) is 13.0 Å². The van der Waals surface area contributed by atoms with E-state index >= 15 is 0 Å². The SMILES string of the molecule is CCc1ccc(C(=O)O)cc1S(=O)(=O)Cc1cnc(C)s1. The third-order valence-corrected chi connectivity index (χ3v) is 5.87. The third-order valence-electron chi connectivity index (χ3n) is 3.03. The number of thiazole rings is 1. The Hall–Kier alpha value is -1.73. The van der Waals surface area contributed by atoms with E-state index < -0.39 is 15.8 Å². The van der Waals surface area contributed by atoms with Crippen LogP contribution >= 0.6 is 11.3 Å². The Kier molecular flexibility index (Phi) is 4.43. The maximum Gasteiger partial charge on any atom is 0.335 e. The van der Waals surface area contributed by atoms with Gasteiger partial charge in [-0.2, -0.15) is 0 Å². The standard InChI is InChI=1S/C14H15NO4S2/c1-3-10-4-5-11(14(16)17)6-13(10)21(18,19)8-12-7-15-9(2)20-12/h4-7H,3,8H2,1-2H3,(H,16,17). The predicted octanol–water partition coefficient (Wildman–Crippen LogP) is 2.69. The Labute approximate surface area is 127 Å². The van der Waals surface area contributed by atoms with E-state index in [0.29, 0.717) is 16.9 Å². The largest absolute Gasteiger partial charge is 0.478 e. The number of hydrogen-bond acceptors (Lipinski definition) is 5. The van der Waals surface area contributed by atoms with E-state index in [-0.39, 0.29) is 16.2 Å². The first kappa shape index (κ1) is 15.7. The smallest absolute Gasteiger partial charge is 0.335 e. The molecule has 0 atom stereocenters. The Morgan fingerprint density at radius 2 is 2.10 bits per heavy atom. The van der Waals surface area contributed by atoms with Gasteiger partial charge in [0.2, 0.25) is 0 Å². The van der Waals surface area contributed by atoms with Crippen LogP contribution in [0.3, 0.4) is 0 Å². The molecule has 1 aromatic carbocycles. The number of rotatable bonds is 5. The summed E-state index contributed by atoms with van der Waals surface area (Å²) in [4.78, 5) is 15.8. The number of sulfone groups is 1. The summed E-state index contributed by atoms with van der Waals surface area (Å²) in [7, 11) is -3.59. The van der Waals surface area contributed by atoms with Crippen LogP contribution in [0.1, 0.15) is 32.7 Å². The molecule has 0 saturated carbocycles. The Bertz CT molecular complexity index is 778. The molecule has 0 aliphatic rings. The number of aromatic nitrogens is 1. The van der Waals surface area contributed by atoms with Crippen molar-refractivity contribution in [3.8, 4) is 0 Å². The van der Waals surface area contributed by atoms with Gasteiger partial charge in [0.1, 0.15) is 0 Å². The first-order valence-electron chi connectivity index (χ1n) is 6.33. The first-order valence-corrected chi connectivity index (χ1v) is 8.80. The molecule has 2 rings (SSSR count). The second kappa shape index (κ2) is 5.95. The number of carboxylic acids is 1. The molecule has 2 aromatic rings. The Balaban J connectivity index is 2.47. The lowest BCUT2D eigenvalue weighted by molar-refractivity contribution is 0.0696. The zero-order valence-corrected chi connectivity index (χ0v) is 13.3. The molecule has 0 aliphatic carbocycles. The Morgan fingerprint density at radius 1 is 1.38 bits per heavy atom. The topological polar surface area (TPSA) is 84.3 Å². The monoisotopic (exact) mass is 325 g/mol. The molecule has 112 valence electrons. The molecule has 1 heterocycles. The average molecular weight is 325 g/mol. The lowest BCUT2D eigenvalue weighted by atomic mass is 10.1. The molecule has 0 amide bonds.